The summed E-state index contributed by atoms with van der Waals surface area (Å²) in [5.74, 6) is -0.610. The highest BCUT2D eigenvalue weighted by Gasteiger charge is 2.46. The Bertz CT molecular complexity index is 949. The normalized spacial score (nSPS) is 17.5. The summed E-state index contributed by atoms with van der Waals surface area (Å²) < 4.78 is 5.19. The number of aliphatic hydroxyl groups is 1. The molecule has 0 bridgehead atoms. The quantitative estimate of drug-likeness (QED) is 0.135. The van der Waals surface area contributed by atoms with Gasteiger partial charge in [-0.25, -0.2) is 0 Å². The van der Waals surface area contributed by atoms with Crippen LogP contribution >= 0.6 is 11.3 Å². The molecule has 184 valence electrons. The number of methoxy groups -OCH3 is 1. The summed E-state index contributed by atoms with van der Waals surface area (Å²) >= 11 is 1.50. The molecule has 5 nitrogen and oxygen atoms in total. The second-order valence-electron chi connectivity index (χ2n) is 8.92. The van der Waals surface area contributed by atoms with Crippen molar-refractivity contribution in [3.8, 4) is 5.75 Å². The molecule has 2 aromatic rings. The van der Waals surface area contributed by atoms with Gasteiger partial charge in [0.05, 0.1) is 18.7 Å². The van der Waals surface area contributed by atoms with E-state index >= 15 is 0 Å². The van der Waals surface area contributed by atoms with E-state index in [9.17, 15) is 14.7 Å². The van der Waals surface area contributed by atoms with E-state index in [1.165, 1.54) is 56.3 Å². The molecule has 1 aromatic carbocycles. The molecule has 0 spiro atoms. The predicted molar refractivity (Wildman–Crippen MR) is 138 cm³/mol. The molecular weight excluding hydrogens is 446 g/mol. The minimum atomic E-state index is -0.612. The second kappa shape index (κ2) is 13.3. The molecule has 3 rings (SSSR count). The lowest BCUT2D eigenvalue weighted by atomic mass is 9.99. The van der Waals surface area contributed by atoms with Gasteiger partial charge in [0.2, 0.25) is 0 Å². The topological polar surface area (TPSA) is 66.8 Å². The van der Waals surface area contributed by atoms with Crippen LogP contribution in [0.1, 0.15) is 87.6 Å². The van der Waals surface area contributed by atoms with Crippen molar-refractivity contribution in [3.63, 3.8) is 0 Å². The molecule has 0 unspecified atom stereocenters. The van der Waals surface area contributed by atoms with Crippen LogP contribution in [-0.4, -0.2) is 35.4 Å². The summed E-state index contributed by atoms with van der Waals surface area (Å²) in [6.45, 7) is 2.75. The van der Waals surface area contributed by atoms with E-state index in [0.29, 0.717) is 17.9 Å². The fraction of sp³-hybridized carbons (Fsp3) is 0.500. The average Bonchev–Trinajstić information content (AvgIpc) is 3.47. The minimum Gasteiger partial charge on any atom is -0.507 e. The Kier molecular flexibility index (Phi) is 10.2. The third-order valence-corrected chi connectivity index (χ3v) is 7.39. The maximum atomic E-state index is 13.0. The van der Waals surface area contributed by atoms with Gasteiger partial charge in [-0.15, -0.1) is 11.3 Å². The van der Waals surface area contributed by atoms with Crippen LogP contribution in [0.3, 0.4) is 0 Å². The molecule has 2 heterocycles. The number of benzene rings is 1. The van der Waals surface area contributed by atoms with Crippen molar-refractivity contribution in [3.05, 3.63) is 57.8 Å². The Labute approximate surface area is 207 Å². The maximum absolute atomic E-state index is 13.0. The number of amides is 1. The molecule has 1 aliphatic heterocycles. The molecule has 1 atom stereocenters. The molecule has 1 N–H and O–H groups in total. The summed E-state index contributed by atoms with van der Waals surface area (Å²) in [6, 6.07) is 10.2. The molecule has 1 fully saturated rings. The molecule has 1 aliphatic rings. The van der Waals surface area contributed by atoms with Crippen LogP contribution in [0.15, 0.2) is 47.4 Å². The zero-order valence-corrected chi connectivity index (χ0v) is 21.2. The first-order valence-electron chi connectivity index (χ1n) is 12.5. The number of carbonyl (C=O) groups excluding carboxylic acids is 2. The second-order valence-corrected chi connectivity index (χ2v) is 9.90. The summed E-state index contributed by atoms with van der Waals surface area (Å²) in [5, 5.41) is 13.0. The third kappa shape index (κ3) is 6.50. The fourth-order valence-electron chi connectivity index (χ4n) is 4.53. The Morgan fingerprint density at radius 2 is 1.56 bits per heavy atom. The van der Waals surface area contributed by atoms with E-state index in [-0.39, 0.29) is 11.3 Å². The lowest BCUT2D eigenvalue weighted by Gasteiger charge is -2.24. The fourth-order valence-corrected chi connectivity index (χ4v) is 5.37. The number of carbonyl (C=O) groups is 2. The van der Waals surface area contributed by atoms with Crippen LogP contribution in [-0.2, 0) is 9.59 Å². The van der Waals surface area contributed by atoms with Gasteiger partial charge in [-0.3, -0.25) is 9.59 Å². The van der Waals surface area contributed by atoms with E-state index in [4.69, 9.17) is 4.74 Å². The summed E-state index contributed by atoms with van der Waals surface area (Å²) in [4.78, 5) is 28.5. The lowest BCUT2D eigenvalue weighted by molar-refractivity contribution is -0.139. The van der Waals surface area contributed by atoms with Crippen molar-refractivity contribution in [2.24, 2.45) is 0 Å². The number of likely N-dealkylation sites (tertiary alicyclic amines) is 1. The Hall–Kier alpha value is -2.60. The van der Waals surface area contributed by atoms with Gasteiger partial charge < -0.3 is 14.7 Å². The van der Waals surface area contributed by atoms with Crippen LogP contribution in [0.25, 0.3) is 5.76 Å². The van der Waals surface area contributed by atoms with Crippen LogP contribution < -0.4 is 4.74 Å². The van der Waals surface area contributed by atoms with Crippen molar-refractivity contribution in [1.29, 1.82) is 0 Å². The van der Waals surface area contributed by atoms with Gasteiger partial charge in [-0.05, 0) is 42.1 Å². The minimum absolute atomic E-state index is 0.134. The molecule has 0 saturated carbocycles. The summed E-state index contributed by atoms with van der Waals surface area (Å²) in [6.07, 6.45) is 12.1. The molecule has 1 saturated heterocycles. The van der Waals surface area contributed by atoms with Crippen LogP contribution in [0.2, 0.25) is 0 Å². The number of aliphatic hydroxyl groups excluding tert-OH is 1. The van der Waals surface area contributed by atoms with Crippen molar-refractivity contribution in [1.82, 2.24) is 4.90 Å². The molecular formula is C28H37NO4S. The number of unbranched alkanes of at least 4 members (excludes halogenated alkanes) is 9. The number of hydrogen-bond donors (Lipinski definition) is 1. The van der Waals surface area contributed by atoms with Gasteiger partial charge in [0, 0.05) is 17.0 Å². The van der Waals surface area contributed by atoms with Gasteiger partial charge in [0.15, 0.2) is 0 Å². The molecule has 1 aromatic heterocycles. The number of rotatable bonds is 14. The highest BCUT2D eigenvalue weighted by Crippen LogP contribution is 2.41. The van der Waals surface area contributed by atoms with Crippen molar-refractivity contribution in [2.75, 3.05) is 13.7 Å². The monoisotopic (exact) mass is 483 g/mol. The molecule has 1 amide bonds. The Balaban J connectivity index is 1.65. The SMILES string of the molecule is CCCCCCCCCCCCN1C(=O)C(=O)C(=C(O)c2ccc(OC)cc2)[C@H]1c1cccs1. The van der Waals surface area contributed by atoms with Gasteiger partial charge in [-0.1, -0.05) is 70.8 Å². The van der Waals surface area contributed by atoms with E-state index in [2.05, 4.69) is 6.92 Å². The van der Waals surface area contributed by atoms with Gasteiger partial charge >= 0.3 is 0 Å². The largest absolute Gasteiger partial charge is 0.507 e. The average molecular weight is 484 g/mol. The highest BCUT2D eigenvalue weighted by atomic mass is 32.1. The first-order chi connectivity index (χ1) is 16.6. The zero-order chi connectivity index (χ0) is 24.3. The first kappa shape index (κ1) is 26.0. The van der Waals surface area contributed by atoms with E-state index in [1.807, 2.05) is 17.5 Å². The number of ether oxygens (including phenoxy) is 1. The van der Waals surface area contributed by atoms with Crippen molar-refractivity contribution in [2.45, 2.75) is 77.2 Å². The Morgan fingerprint density at radius 3 is 2.12 bits per heavy atom. The smallest absolute Gasteiger partial charge is 0.295 e. The third-order valence-electron chi connectivity index (χ3n) is 6.47. The van der Waals surface area contributed by atoms with E-state index in [0.717, 1.165) is 24.1 Å². The van der Waals surface area contributed by atoms with Crippen molar-refractivity contribution < 1.29 is 19.4 Å². The predicted octanol–water partition coefficient (Wildman–Crippen LogP) is 7.10. The molecule has 0 aliphatic carbocycles. The number of Topliss-reactive ketones (excluding diaryl/α,β-unsaturated/α-hetero) is 1. The first-order valence-corrected chi connectivity index (χ1v) is 13.4. The number of ketones is 1. The molecule has 6 heteroatoms. The Morgan fingerprint density at radius 1 is 0.941 bits per heavy atom. The van der Waals surface area contributed by atoms with Crippen LogP contribution in [0.5, 0.6) is 5.75 Å². The van der Waals surface area contributed by atoms with E-state index < -0.39 is 17.7 Å². The maximum Gasteiger partial charge on any atom is 0.295 e. The lowest BCUT2D eigenvalue weighted by Crippen LogP contribution is -2.30. The molecule has 34 heavy (non-hydrogen) atoms. The number of hydrogen-bond acceptors (Lipinski definition) is 5. The number of thiophene rings is 1. The van der Waals surface area contributed by atoms with Crippen LogP contribution in [0, 0.1) is 0 Å². The summed E-state index contributed by atoms with van der Waals surface area (Å²) in [5.41, 5.74) is 0.670. The molecule has 0 radical (unpaired) electrons. The number of nitrogens with zero attached hydrogens (tertiary/aromatic N) is 1. The summed E-state index contributed by atoms with van der Waals surface area (Å²) in [7, 11) is 1.57. The van der Waals surface area contributed by atoms with Gasteiger partial charge in [0.25, 0.3) is 11.7 Å². The highest BCUT2D eigenvalue weighted by molar-refractivity contribution is 7.10. The van der Waals surface area contributed by atoms with Gasteiger partial charge in [-0.2, -0.15) is 0 Å². The van der Waals surface area contributed by atoms with Crippen molar-refractivity contribution >= 4 is 28.8 Å². The van der Waals surface area contributed by atoms with Gasteiger partial charge in [0.1, 0.15) is 11.5 Å². The zero-order valence-electron chi connectivity index (χ0n) is 20.4. The van der Waals surface area contributed by atoms with E-state index in [1.54, 1.807) is 36.3 Å². The standard InChI is InChI=1S/C28H37NO4S/c1-3-4-5-6-7-8-9-10-11-12-19-29-25(23-14-13-20-34-23)24(27(31)28(29)32)26(30)21-15-17-22(33-2)18-16-21/h13-18,20,25,30H,3-12,19H2,1-2H3/t25-/m1/s1. The van der Waals surface area contributed by atoms with Crippen LogP contribution in [0.4, 0.5) is 0 Å².